The molecule has 2 rings (SSSR count). The Hall–Kier alpha value is -0.640. The summed E-state index contributed by atoms with van der Waals surface area (Å²) in [5.74, 6) is 0. The molecule has 0 bridgehead atoms. The molecule has 1 unspecified atom stereocenters. The van der Waals surface area contributed by atoms with Crippen molar-refractivity contribution < 1.29 is 0 Å². The number of hydrogen-bond acceptors (Lipinski definition) is 2. The smallest absolute Gasteiger partial charge is 0.0391 e. The Kier molecular flexibility index (Phi) is 4.60. The van der Waals surface area contributed by atoms with Crippen molar-refractivity contribution >= 4 is 27.3 Å². The van der Waals surface area contributed by atoms with E-state index in [9.17, 15) is 0 Å². The van der Waals surface area contributed by atoms with Crippen LogP contribution in [0.5, 0.6) is 0 Å². The third-order valence-electron chi connectivity index (χ3n) is 3.06. The predicted octanol–water partition coefficient (Wildman–Crippen LogP) is 5.23. The van der Waals surface area contributed by atoms with Crippen molar-refractivity contribution in [2.24, 2.45) is 0 Å². The Labute approximate surface area is 121 Å². The highest BCUT2D eigenvalue weighted by Gasteiger charge is 2.14. The molecule has 0 saturated heterocycles. The molecule has 18 heavy (non-hydrogen) atoms. The van der Waals surface area contributed by atoms with Gasteiger partial charge in [0.1, 0.15) is 0 Å². The molecular formula is C15H18BrNS. The third-order valence-corrected chi connectivity index (χ3v) is 4.97. The molecule has 1 nitrogen and oxygen atoms in total. The number of hydrogen-bond donors (Lipinski definition) is 1. The standard InChI is InChI=1S/C15H18BrNS/c1-10-8-9-15(18-10)12(3)17-11(2)13-6-4-5-7-14(13)16/h4-9,11-12,17H,1-3H3/t11-,12?/m1/s1. The molecule has 1 aromatic carbocycles. The van der Waals surface area contributed by atoms with E-state index >= 15 is 0 Å². The van der Waals surface area contributed by atoms with Crippen LogP contribution in [0.3, 0.4) is 0 Å². The molecule has 0 radical (unpaired) electrons. The molecule has 0 spiro atoms. The summed E-state index contributed by atoms with van der Waals surface area (Å²) in [6, 6.07) is 13.5. The number of halogens is 1. The fourth-order valence-electron chi connectivity index (χ4n) is 2.06. The molecule has 1 N–H and O–H groups in total. The monoisotopic (exact) mass is 323 g/mol. The summed E-state index contributed by atoms with van der Waals surface area (Å²) in [7, 11) is 0. The van der Waals surface area contributed by atoms with E-state index in [0.29, 0.717) is 12.1 Å². The molecule has 0 saturated carbocycles. The van der Waals surface area contributed by atoms with Crippen LogP contribution in [-0.4, -0.2) is 0 Å². The average Bonchev–Trinajstić information content (AvgIpc) is 2.76. The SMILES string of the molecule is Cc1ccc(C(C)N[C@H](C)c2ccccc2Br)s1. The molecule has 1 aromatic heterocycles. The van der Waals surface area contributed by atoms with E-state index in [0.717, 1.165) is 0 Å². The van der Waals surface area contributed by atoms with Crippen molar-refractivity contribution in [2.75, 3.05) is 0 Å². The minimum Gasteiger partial charge on any atom is -0.303 e. The van der Waals surface area contributed by atoms with Crippen molar-refractivity contribution in [1.29, 1.82) is 0 Å². The zero-order valence-electron chi connectivity index (χ0n) is 10.9. The van der Waals surface area contributed by atoms with Gasteiger partial charge in [-0.05, 0) is 44.5 Å². The second-order valence-electron chi connectivity index (χ2n) is 4.58. The van der Waals surface area contributed by atoms with E-state index in [2.05, 4.69) is 72.3 Å². The van der Waals surface area contributed by atoms with Crippen LogP contribution < -0.4 is 5.32 Å². The molecule has 3 heteroatoms. The second kappa shape index (κ2) is 6.00. The fourth-order valence-corrected chi connectivity index (χ4v) is 3.58. The first-order valence-corrected chi connectivity index (χ1v) is 7.75. The quantitative estimate of drug-likeness (QED) is 0.812. The highest BCUT2D eigenvalue weighted by Crippen LogP contribution is 2.28. The average molecular weight is 324 g/mol. The van der Waals surface area contributed by atoms with Crippen LogP contribution in [-0.2, 0) is 0 Å². The molecular weight excluding hydrogens is 306 g/mol. The lowest BCUT2D eigenvalue weighted by Crippen LogP contribution is -2.22. The third kappa shape index (κ3) is 3.22. The summed E-state index contributed by atoms with van der Waals surface area (Å²) in [4.78, 5) is 2.76. The first-order chi connectivity index (χ1) is 8.58. The van der Waals surface area contributed by atoms with Crippen LogP contribution in [0.15, 0.2) is 40.9 Å². The lowest BCUT2D eigenvalue weighted by molar-refractivity contribution is 0.499. The van der Waals surface area contributed by atoms with Crippen LogP contribution in [0.4, 0.5) is 0 Å². The van der Waals surface area contributed by atoms with E-state index in [1.165, 1.54) is 19.8 Å². The summed E-state index contributed by atoms with van der Waals surface area (Å²) < 4.78 is 1.17. The van der Waals surface area contributed by atoms with Crippen LogP contribution in [0, 0.1) is 6.92 Å². The van der Waals surface area contributed by atoms with Crippen molar-refractivity contribution in [3.05, 3.63) is 56.2 Å². The Balaban J connectivity index is 2.08. The van der Waals surface area contributed by atoms with Gasteiger partial charge in [0.25, 0.3) is 0 Å². The minimum absolute atomic E-state index is 0.331. The summed E-state index contributed by atoms with van der Waals surface area (Å²) in [6.07, 6.45) is 0. The summed E-state index contributed by atoms with van der Waals surface area (Å²) in [6.45, 7) is 6.58. The van der Waals surface area contributed by atoms with Gasteiger partial charge in [-0.3, -0.25) is 0 Å². The molecule has 96 valence electrons. The number of rotatable bonds is 4. The van der Waals surface area contributed by atoms with E-state index < -0.39 is 0 Å². The largest absolute Gasteiger partial charge is 0.303 e. The molecule has 0 aliphatic rings. The van der Waals surface area contributed by atoms with Crippen molar-refractivity contribution in [3.8, 4) is 0 Å². The molecule has 2 aromatic rings. The van der Waals surface area contributed by atoms with Gasteiger partial charge < -0.3 is 5.32 Å². The molecule has 2 atom stereocenters. The minimum atomic E-state index is 0.331. The molecule has 1 heterocycles. The zero-order valence-corrected chi connectivity index (χ0v) is 13.3. The molecule has 0 aliphatic heterocycles. The highest BCUT2D eigenvalue weighted by atomic mass is 79.9. The van der Waals surface area contributed by atoms with Crippen molar-refractivity contribution in [1.82, 2.24) is 5.32 Å². The summed E-state index contributed by atoms with van der Waals surface area (Å²) in [5, 5.41) is 3.65. The van der Waals surface area contributed by atoms with E-state index in [4.69, 9.17) is 0 Å². The van der Waals surface area contributed by atoms with Gasteiger partial charge in [0.05, 0.1) is 0 Å². The number of nitrogens with one attached hydrogen (secondary N) is 1. The normalized spacial score (nSPS) is 14.4. The van der Waals surface area contributed by atoms with Gasteiger partial charge in [0.15, 0.2) is 0 Å². The lowest BCUT2D eigenvalue weighted by Gasteiger charge is -2.20. The van der Waals surface area contributed by atoms with Crippen molar-refractivity contribution in [3.63, 3.8) is 0 Å². The van der Waals surface area contributed by atoms with Crippen molar-refractivity contribution in [2.45, 2.75) is 32.9 Å². The van der Waals surface area contributed by atoms with Gasteiger partial charge in [-0.1, -0.05) is 34.1 Å². The van der Waals surface area contributed by atoms with Gasteiger partial charge in [-0.2, -0.15) is 0 Å². The molecule has 0 fully saturated rings. The van der Waals surface area contributed by atoms with Gasteiger partial charge in [-0.15, -0.1) is 11.3 Å². The first kappa shape index (κ1) is 13.8. The van der Waals surface area contributed by atoms with Gasteiger partial charge in [0.2, 0.25) is 0 Å². The van der Waals surface area contributed by atoms with Gasteiger partial charge >= 0.3 is 0 Å². The van der Waals surface area contributed by atoms with Crippen LogP contribution in [0.1, 0.15) is 41.2 Å². The maximum absolute atomic E-state index is 3.65. The highest BCUT2D eigenvalue weighted by molar-refractivity contribution is 9.10. The Morgan fingerprint density at radius 3 is 2.39 bits per heavy atom. The fraction of sp³-hybridized carbons (Fsp3) is 0.333. The van der Waals surface area contributed by atoms with E-state index in [1.54, 1.807) is 0 Å². The first-order valence-electron chi connectivity index (χ1n) is 6.14. The molecule has 0 aliphatic carbocycles. The van der Waals surface area contributed by atoms with Gasteiger partial charge in [0, 0.05) is 26.3 Å². The lowest BCUT2D eigenvalue weighted by atomic mass is 10.1. The summed E-state index contributed by atoms with van der Waals surface area (Å²) in [5.41, 5.74) is 1.30. The number of aryl methyl sites for hydroxylation is 1. The molecule has 0 amide bonds. The number of thiophene rings is 1. The Morgan fingerprint density at radius 2 is 1.78 bits per heavy atom. The number of benzene rings is 1. The maximum Gasteiger partial charge on any atom is 0.0391 e. The second-order valence-corrected chi connectivity index (χ2v) is 6.75. The topological polar surface area (TPSA) is 12.0 Å². The van der Waals surface area contributed by atoms with Crippen LogP contribution in [0.25, 0.3) is 0 Å². The zero-order chi connectivity index (χ0) is 13.1. The van der Waals surface area contributed by atoms with Crippen LogP contribution >= 0.6 is 27.3 Å². The van der Waals surface area contributed by atoms with E-state index in [-0.39, 0.29) is 0 Å². The van der Waals surface area contributed by atoms with E-state index in [1.807, 2.05) is 17.4 Å². The Morgan fingerprint density at radius 1 is 1.06 bits per heavy atom. The maximum atomic E-state index is 3.65. The predicted molar refractivity (Wildman–Crippen MR) is 83.2 cm³/mol. The van der Waals surface area contributed by atoms with Crippen LogP contribution in [0.2, 0.25) is 0 Å². The Bertz CT molecular complexity index is 521. The van der Waals surface area contributed by atoms with Gasteiger partial charge in [-0.25, -0.2) is 0 Å². The summed E-state index contributed by atoms with van der Waals surface area (Å²) >= 11 is 5.47.